The first-order chi connectivity index (χ1) is 11.0. The van der Waals surface area contributed by atoms with Gasteiger partial charge in [0, 0.05) is 11.6 Å². The molecule has 0 saturated carbocycles. The van der Waals surface area contributed by atoms with Crippen LogP contribution < -0.4 is 9.47 Å². The van der Waals surface area contributed by atoms with E-state index in [1.54, 1.807) is 37.4 Å². The van der Waals surface area contributed by atoms with Gasteiger partial charge in [-0.1, -0.05) is 12.1 Å². The van der Waals surface area contributed by atoms with Crippen LogP contribution in [0.25, 0.3) is 6.08 Å². The van der Waals surface area contributed by atoms with Gasteiger partial charge in [-0.25, -0.2) is 0 Å². The summed E-state index contributed by atoms with van der Waals surface area (Å²) in [4.78, 5) is 22.5. The summed E-state index contributed by atoms with van der Waals surface area (Å²) < 4.78 is 9.96. The molecule has 0 atom stereocenters. The zero-order valence-corrected chi connectivity index (χ0v) is 12.7. The summed E-state index contributed by atoms with van der Waals surface area (Å²) in [6, 6.07) is 11.2. The van der Waals surface area contributed by atoms with Crippen molar-refractivity contribution in [2.45, 2.75) is 0 Å². The van der Waals surface area contributed by atoms with E-state index in [1.807, 2.05) is 0 Å². The maximum atomic E-state index is 12.1. The molecule has 2 aromatic rings. The minimum absolute atomic E-state index is 0.147. The number of benzene rings is 2. The Morgan fingerprint density at radius 1 is 1.09 bits per heavy atom. The zero-order chi connectivity index (χ0) is 16.8. The van der Waals surface area contributed by atoms with E-state index in [0.29, 0.717) is 16.9 Å². The second kappa shape index (κ2) is 7.22. The molecule has 0 N–H and O–H groups in total. The first-order valence-corrected chi connectivity index (χ1v) is 6.74. The molecule has 6 nitrogen and oxygen atoms in total. The minimum atomic E-state index is -0.526. The molecule has 0 fully saturated rings. The fourth-order valence-electron chi connectivity index (χ4n) is 1.98. The molecule has 0 saturated heterocycles. The fraction of sp³-hybridized carbons (Fsp3) is 0.118. The van der Waals surface area contributed by atoms with Gasteiger partial charge in [0.05, 0.1) is 19.1 Å². The molecule has 0 aliphatic heterocycles. The average Bonchev–Trinajstić information content (AvgIpc) is 2.59. The van der Waals surface area contributed by atoms with E-state index in [4.69, 9.17) is 9.47 Å². The van der Waals surface area contributed by atoms with Crippen molar-refractivity contribution in [1.29, 1.82) is 0 Å². The molecule has 23 heavy (non-hydrogen) atoms. The van der Waals surface area contributed by atoms with Gasteiger partial charge in [-0.05, 0) is 42.0 Å². The number of nitro groups is 1. The van der Waals surface area contributed by atoms with Crippen molar-refractivity contribution in [3.8, 4) is 11.5 Å². The second-order valence-corrected chi connectivity index (χ2v) is 4.61. The number of methoxy groups -OCH3 is 2. The smallest absolute Gasteiger partial charge is 0.311 e. The number of nitro benzene ring substituents is 1. The summed E-state index contributed by atoms with van der Waals surface area (Å²) in [5.41, 5.74) is 0.899. The Morgan fingerprint density at radius 2 is 1.78 bits per heavy atom. The molecule has 2 aromatic carbocycles. The van der Waals surface area contributed by atoms with E-state index in [9.17, 15) is 14.9 Å². The average molecular weight is 313 g/mol. The van der Waals surface area contributed by atoms with Crippen molar-refractivity contribution in [1.82, 2.24) is 0 Å². The summed E-state index contributed by atoms with van der Waals surface area (Å²) in [5, 5.41) is 11.0. The van der Waals surface area contributed by atoms with Crippen molar-refractivity contribution >= 4 is 17.5 Å². The maximum Gasteiger partial charge on any atom is 0.311 e. The van der Waals surface area contributed by atoms with Crippen molar-refractivity contribution < 1.29 is 19.2 Å². The maximum absolute atomic E-state index is 12.1. The van der Waals surface area contributed by atoms with Crippen molar-refractivity contribution in [2.75, 3.05) is 14.2 Å². The first-order valence-electron chi connectivity index (χ1n) is 6.74. The molecule has 6 heteroatoms. The van der Waals surface area contributed by atoms with Crippen LogP contribution in [0, 0.1) is 10.1 Å². The highest BCUT2D eigenvalue weighted by Gasteiger charge is 2.14. The lowest BCUT2D eigenvalue weighted by Crippen LogP contribution is -1.95. The number of ketones is 1. The van der Waals surface area contributed by atoms with Gasteiger partial charge in [-0.15, -0.1) is 0 Å². The first kappa shape index (κ1) is 16.2. The number of carbonyl (C=O) groups is 1. The molecule has 0 bridgehead atoms. The van der Waals surface area contributed by atoms with Gasteiger partial charge in [0.2, 0.25) is 0 Å². The lowest BCUT2D eigenvalue weighted by atomic mass is 10.1. The predicted molar refractivity (Wildman–Crippen MR) is 86.0 cm³/mol. The van der Waals surface area contributed by atoms with E-state index < -0.39 is 4.92 Å². The largest absolute Gasteiger partial charge is 0.497 e. The second-order valence-electron chi connectivity index (χ2n) is 4.61. The Labute approximate surface area is 133 Å². The quantitative estimate of drug-likeness (QED) is 0.353. The Balaban J connectivity index is 2.20. The van der Waals surface area contributed by atoms with E-state index in [0.717, 1.165) is 0 Å². The van der Waals surface area contributed by atoms with Crippen LogP contribution in [-0.4, -0.2) is 24.9 Å². The number of allylic oxidation sites excluding steroid dienone is 1. The van der Waals surface area contributed by atoms with Crippen LogP contribution in [0.4, 0.5) is 5.69 Å². The molecule has 118 valence electrons. The Hall–Kier alpha value is -3.15. The third-order valence-corrected chi connectivity index (χ3v) is 3.20. The molecule has 0 radical (unpaired) electrons. The van der Waals surface area contributed by atoms with Crippen molar-refractivity contribution in [2.24, 2.45) is 0 Å². The SMILES string of the molecule is COc1ccc(C(=O)/C=C/c2ccc(OC)c([N+](=O)[O-])c2)cc1. The Bertz CT molecular complexity index is 750. The summed E-state index contributed by atoms with van der Waals surface area (Å²) in [5.74, 6) is 0.635. The molecule has 0 heterocycles. The third-order valence-electron chi connectivity index (χ3n) is 3.20. The van der Waals surface area contributed by atoms with Gasteiger partial charge < -0.3 is 9.47 Å². The highest BCUT2D eigenvalue weighted by Crippen LogP contribution is 2.28. The Morgan fingerprint density at radius 3 is 2.35 bits per heavy atom. The van der Waals surface area contributed by atoms with Gasteiger partial charge in [0.25, 0.3) is 0 Å². The number of hydrogen-bond acceptors (Lipinski definition) is 5. The molecule has 0 spiro atoms. The normalized spacial score (nSPS) is 10.5. The molecule has 0 aromatic heterocycles. The summed E-state index contributed by atoms with van der Waals surface area (Å²) in [6.45, 7) is 0. The molecular weight excluding hydrogens is 298 g/mol. The van der Waals surface area contributed by atoms with Gasteiger partial charge >= 0.3 is 5.69 Å². The fourth-order valence-corrected chi connectivity index (χ4v) is 1.98. The molecule has 0 unspecified atom stereocenters. The number of rotatable bonds is 6. The minimum Gasteiger partial charge on any atom is -0.497 e. The van der Waals surface area contributed by atoms with Crippen LogP contribution in [0.15, 0.2) is 48.5 Å². The van der Waals surface area contributed by atoms with Crippen molar-refractivity contribution in [3.05, 3.63) is 69.8 Å². The predicted octanol–water partition coefficient (Wildman–Crippen LogP) is 3.51. The summed E-state index contributed by atoms with van der Waals surface area (Å²) in [7, 11) is 2.92. The standard InChI is InChI=1S/C17H15NO5/c1-22-14-7-5-13(6-8-14)16(19)9-3-12-4-10-17(23-2)15(11-12)18(20)21/h3-11H,1-2H3/b9-3+. The van der Waals surface area contributed by atoms with Gasteiger partial charge in [-0.3, -0.25) is 14.9 Å². The number of nitrogens with zero attached hydrogens (tertiary/aromatic N) is 1. The Kier molecular flexibility index (Phi) is 5.09. The van der Waals surface area contributed by atoms with E-state index in [-0.39, 0.29) is 17.2 Å². The van der Waals surface area contributed by atoms with Crippen LogP contribution in [0.1, 0.15) is 15.9 Å². The summed E-state index contributed by atoms with van der Waals surface area (Å²) >= 11 is 0. The lowest BCUT2D eigenvalue weighted by Gasteiger charge is -2.02. The third kappa shape index (κ3) is 3.94. The van der Waals surface area contributed by atoms with Gasteiger partial charge in [-0.2, -0.15) is 0 Å². The highest BCUT2D eigenvalue weighted by atomic mass is 16.6. The number of hydrogen-bond donors (Lipinski definition) is 0. The number of carbonyl (C=O) groups excluding carboxylic acids is 1. The molecule has 2 rings (SSSR count). The molecule has 0 aliphatic rings. The molecule has 0 aliphatic carbocycles. The number of ether oxygens (including phenoxy) is 2. The topological polar surface area (TPSA) is 78.7 Å². The van der Waals surface area contributed by atoms with Crippen LogP contribution in [-0.2, 0) is 0 Å². The van der Waals surface area contributed by atoms with E-state index >= 15 is 0 Å². The van der Waals surface area contributed by atoms with Gasteiger partial charge in [0.15, 0.2) is 11.5 Å². The lowest BCUT2D eigenvalue weighted by molar-refractivity contribution is -0.385. The van der Waals surface area contributed by atoms with Crippen LogP contribution in [0.3, 0.4) is 0 Å². The van der Waals surface area contributed by atoms with E-state index in [1.165, 1.54) is 31.4 Å². The molecule has 0 amide bonds. The zero-order valence-electron chi connectivity index (χ0n) is 12.7. The molecular formula is C17H15NO5. The van der Waals surface area contributed by atoms with E-state index in [2.05, 4.69) is 0 Å². The van der Waals surface area contributed by atoms with Crippen molar-refractivity contribution in [3.63, 3.8) is 0 Å². The summed E-state index contributed by atoms with van der Waals surface area (Å²) in [6.07, 6.45) is 2.90. The van der Waals surface area contributed by atoms with Crippen LogP contribution >= 0.6 is 0 Å². The van der Waals surface area contributed by atoms with Gasteiger partial charge in [0.1, 0.15) is 5.75 Å². The van der Waals surface area contributed by atoms with Crippen LogP contribution in [0.2, 0.25) is 0 Å². The highest BCUT2D eigenvalue weighted by molar-refractivity contribution is 6.06. The van der Waals surface area contributed by atoms with Crippen LogP contribution in [0.5, 0.6) is 11.5 Å². The monoisotopic (exact) mass is 313 g/mol.